The molecule has 0 bridgehead atoms. The van der Waals surface area contributed by atoms with E-state index in [4.69, 9.17) is 9.47 Å². The van der Waals surface area contributed by atoms with Crippen LogP contribution >= 0.6 is 0 Å². The maximum atomic E-state index is 13.0. The number of hydrogen-bond acceptors (Lipinski definition) is 4. The summed E-state index contributed by atoms with van der Waals surface area (Å²) < 4.78 is 11.2. The van der Waals surface area contributed by atoms with Crippen molar-refractivity contribution in [3.05, 3.63) is 54.1 Å². The molecule has 130 valence electrons. The van der Waals surface area contributed by atoms with E-state index < -0.39 is 6.04 Å². The second-order valence-corrected chi connectivity index (χ2v) is 6.38. The molecule has 1 amide bonds. The molecular formula is C20H22N2O3. The number of likely N-dealkylation sites (tertiary alicyclic amines) is 1. The zero-order chi connectivity index (χ0) is 17.1. The Balaban J connectivity index is 1.61. The van der Waals surface area contributed by atoms with Gasteiger partial charge in [0.2, 0.25) is 5.91 Å². The summed E-state index contributed by atoms with van der Waals surface area (Å²) in [5.74, 6) is 1.59. The highest BCUT2D eigenvalue weighted by Gasteiger charge is 2.28. The Labute approximate surface area is 147 Å². The zero-order valence-electron chi connectivity index (χ0n) is 14.1. The Bertz CT molecular complexity index is 742. The van der Waals surface area contributed by atoms with Gasteiger partial charge < -0.3 is 19.7 Å². The van der Waals surface area contributed by atoms with Gasteiger partial charge in [0.15, 0.2) is 11.5 Å². The first-order chi connectivity index (χ1) is 12.3. The Morgan fingerprint density at radius 2 is 1.68 bits per heavy atom. The molecule has 2 aliphatic rings. The van der Waals surface area contributed by atoms with E-state index in [-0.39, 0.29) is 5.91 Å². The van der Waals surface area contributed by atoms with Gasteiger partial charge in [0, 0.05) is 24.8 Å². The first kappa shape index (κ1) is 15.8. The third-order valence-corrected chi connectivity index (χ3v) is 4.65. The van der Waals surface area contributed by atoms with Gasteiger partial charge in [-0.15, -0.1) is 0 Å². The number of nitrogens with one attached hydrogen (secondary N) is 1. The highest BCUT2D eigenvalue weighted by atomic mass is 16.6. The number of amides is 1. The van der Waals surface area contributed by atoms with Gasteiger partial charge in [-0.3, -0.25) is 4.79 Å². The van der Waals surface area contributed by atoms with Crippen molar-refractivity contribution in [2.24, 2.45) is 0 Å². The molecule has 1 saturated heterocycles. The summed E-state index contributed by atoms with van der Waals surface area (Å²) in [7, 11) is 0. The van der Waals surface area contributed by atoms with Crippen LogP contribution in [0.25, 0.3) is 0 Å². The molecule has 2 aromatic rings. The Hall–Kier alpha value is -2.69. The molecule has 0 radical (unpaired) electrons. The number of anilines is 1. The lowest BCUT2D eigenvalue weighted by atomic mass is 10.0. The van der Waals surface area contributed by atoms with Crippen molar-refractivity contribution in [1.29, 1.82) is 0 Å². The van der Waals surface area contributed by atoms with Gasteiger partial charge in [0.25, 0.3) is 0 Å². The second kappa shape index (κ2) is 7.05. The largest absolute Gasteiger partial charge is 0.486 e. The van der Waals surface area contributed by atoms with E-state index in [1.165, 1.54) is 0 Å². The smallest absolute Gasteiger partial charge is 0.249 e. The lowest BCUT2D eigenvalue weighted by Gasteiger charge is -2.26. The van der Waals surface area contributed by atoms with E-state index >= 15 is 0 Å². The summed E-state index contributed by atoms with van der Waals surface area (Å²) in [5, 5.41) is 3.40. The van der Waals surface area contributed by atoms with E-state index in [1.54, 1.807) is 0 Å². The van der Waals surface area contributed by atoms with E-state index in [2.05, 4.69) is 5.32 Å². The van der Waals surface area contributed by atoms with E-state index in [0.29, 0.717) is 13.2 Å². The normalized spacial score (nSPS) is 17.2. The van der Waals surface area contributed by atoms with Gasteiger partial charge in [-0.05, 0) is 30.5 Å². The molecule has 25 heavy (non-hydrogen) atoms. The minimum Gasteiger partial charge on any atom is -0.486 e. The number of nitrogens with zero attached hydrogens (tertiary/aromatic N) is 1. The number of hydrogen-bond donors (Lipinski definition) is 1. The van der Waals surface area contributed by atoms with E-state index in [0.717, 1.165) is 48.7 Å². The molecule has 5 nitrogen and oxygen atoms in total. The van der Waals surface area contributed by atoms with Crippen LogP contribution in [0.4, 0.5) is 5.69 Å². The van der Waals surface area contributed by atoms with Crippen LogP contribution in [0.5, 0.6) is 11.5 Å². The fourth-order valence-corrected chi connectivity index (χ4v) is 3.35. The number of carbonyl (C=O) groups is 1. The summed E-state index contributed by atoms with van der Waals surface area (Å²) in [6.45, 7) is 2.79. The Morgan fingerprint density at radius 1 is 0.960 bits per heavy atom. The van der Waals surface area contributed by atoms with Crippen LogP contribution in [0.3, 0.4) is 0 Å². The minimum absolute atomic E-state index is 0.124. The van der Waals surface area contributed by atoms with Crippen molar-refractivity contribution < 1.29 is 14.3 Å². The van der Waals surface area contributed by atoms with E-state index in [1.807, 2.05) is 53.4 Å². The third-order valence-electron chi connectivity index (χ3n) is 4.65. The number of fused-ring (bicyclic) bond motifs is 1. The fraction of sp³-hybridized carbons (Fsp3) is 0.350. The van der Waals surface area contributed by atoms with E-state index in [9.17, 15) is 4.79 Å². The molecule has 0 spiro atoms. The van der Waals surface area contributed by atoms with Crippen molar-refractivity contribution in [3.8, 4) is 11.5 Å². The van der Waals surface area contributed by atoms with Crippen molar-refractivity contribution >= 4 is 11.6 Å². The summed E-state index contributed by atoms with van der Waals surface area (Å²) in [5.41, 5.74) is 1.82. The maximum absolute atomic E-state index is 13.0. The number of ether oxygens (including phenoxy) is 2. The molecule has 4 rings (SSSR count). The molecular weight excluding hydrogens is 316 g/mol. The lowest BCUT2D eigenvalue weighted by Crippen LogP contribution is -2.36. The number of rotatable bonds is 4. The first-order valence-corrected chi connectivity index (χ1v) is 8.81. The highest BCUT2D eigenvalue weighted by Crippen LogP contribution is 2.34. The van der Waals surface area contributed by atoms with Crippen molar-refractivity contribution in [3.63, 3.8) is 0 Å². The topological polar surface area (TPSA) is 50.8 Å². The standard InChI is InChI=1S/C20H22N2O3/c23-20(22-10-4-5-11-22)19(15-6-2-1-3-7-15)21-16-8-9-17-18(14-16)25-13-12-24-17/h1-3,6-9,14,19,21H,4-5,10-13H2/t19-/m0/s1. The highest BCUT2D eigenvalue weighted by molar-refractivity contribution is 5.86. The SMILES string of the molecule is O=C([C@@H](Nc1ccc2c(c1)OCCO2)c1ccccc1)N1CCCC1. The monoisotopic (exact) mass is 338 g/mol. The van der Waals surface area contributed by atoms with Gasteiger partial charge in [-0.2, -0.15) is 0 Å². The molecule has 1 N–H and O–H groups in total. The molecule has 0 aromatic heterocycles. The Kier molecular flexibility index (Phi) is 4.46. The van der Waals surface area contributed by atoms with Gasteiger partial charge in [-0.25, -0.2) is 0 Å². The summed E-state index contributed by atoms with van der Waals surface area (Å²) in [6.07, 6.45) is 2.16. The Morgan fingerprint density at radius 3 is 2.44 bits per heavy atom. The van der Waals surface area contributed by atoms with Crippen LogP contribution in [0.2, 0.25) is 0 Å². The van der Waals surface area contributed by atoms with Gasteiger partial charge >= 0.3 is 0 Å². The summed E-state index contributed by atoms with van der Waals surface area (Å²) in [4.78, 5) is 15.0. The molecule has 2 aromatic carbocycles. The molecule has 0 saturated carbocycles. The predicted octanol–water partition coefficient (Wildman–Crippen LogP) is 3.23. The van der Waals surface area contributed by atoms with Crippen LogP contribution < -0.4 is 14.8 Å². The van der Waals surface area contributed by atoms with Crippen LogP contribution in [-0.4, -0.2) is 37.1 Å². The van der Waals surface area contributed by atoms with Gasteiger partial charge in [-0.1, -0.05) is 30.3 Å². The minimum atomic E-state index is -0.401. The van der Waals surface area contributed by atoms with Crippen molar-refractivity contribution in [2.75, 3.05) is 31.6 Å². The fourth-order valence-electron chi connectivity index (χ4n) is 3.35. The molecule has 1 fully saturated rings. The molecule has 2 heterocycles. The summed E-state index contributed by atoms with van der Waals surface area (Å²) in [6, 6.07) is 15.2. The molecule has 0 unspecified atom stereocenters. The third kappa shape index (κ3) is 3.40. The van der Waals surface area contributed by atoms with Gasteiger partial charge in [0.1, 0.15) is 19.3 Å². The maximum Gasteiger partial charge on any atom is 0.249 e. The number of benzene rings is 2. The van der Waals surface area contributed by atoms with Crippen LogP contribution in [-0.2, 0) is 4.79 Å². The number of carbonyl (C=O) groups excluding carboxylic acids is 1. The molecule has 1 atom stereocenters. The van der Waals surface area contributed by atoms with Crippen molar-refractivity contribution in [2.45, 2.75) is 18.9 Å². The summed E-state index contributed by atoms with van der Waals surface area (Å²) >= 11 is 0. The predicted molar refractivity (Wildman–Crippen MR) is 96.1 cm³/mol. The average molecular weight is 338 g/mol. The second-order valence-electron chi connectivity index (χ2n) is 6.38. The van der Waals surface area contributed by atoms with Crippen LogP contribution in [0, 0.1) is 0 Å². The average Bonchev–Trinajstić information content (AvgIpc) is 3.21. The van der Waals surface area contributed by atoms with Crippen molar-refractivity contribution in [1.82, 2.24) is 4.90 Å². The first-order valence-electron chi connectivity index (χ1n) is 8.81. The van der Waals surface area contributed by atoms with Crippen LogP contribution in [0.15, 0.2) is 48.5 Å². The van der Waals surface area contributed by atoms with Crippen LogP contribution in [0.1, 0.15) is 24.4 Å². The van der Waals surface area contributed by atoms with Gasteiger partial charge in [0.05, 0.1) is 0 Å². The molecule has 0 aliphatic carbocycles. The molecule has 2 aliphatic heterocycles. The lowest BCUT2D eigenvalue weighted by molar-refractivity contribution is -0.131. The zero-order valence-corrected chi connectivity index (χ0v) is 14.1. The molecule has 5 heteroatoms. The quantitative estimate of drug-likeness (QED) is 0.930.